The van der Waals surface area contributed by atoms with E-state index < -0.39 is 4.92 Å². The van der Waals surface area contributed by atoms with Gasteiger partial charge < -0.3 is 14.6 Å². The van der Waals surface area contributed by atoms with E-state index in [2.05, 4.69) is 24.1 Å². The van der Waals surface area contributed by atoms with Crippen LogP contribution in [0, 0.1) is 10.1 Å². The second kappa shape index (κ2) is 8.30. The minimum absolute atomic E-state index is 0.0705. The van der Waals surface area contributed by atoms with Gasteiger partial charge in [-0.2, -0.15) is 0 Å². The first-order valence-corrected chi connectivity index (χ1v) is 8.88. The predicted octanol–water partition coefficient (Wildman–Crippen LogP) is 3.62. The monoisotopic (exact) mass is 380 g/mol. The summed E-state index contributed by atoms with van der Waals surface area (Å²) in [4.78, 5) is 16.0. The quantitative estimate of drug-likeness (QED) is 0.465. The fraction of sp³-hybridized carbons (Fsp3) is 0.375. The molecule has 0 amide bonds. The molecule has 1 aromatic heterocycles. The molecular weight excluding hydrogens is 360 g/mol. The Morgan fingerprint density at radius 3 is 2.84 bits per heavy atom. The third kappa shape index (κ3) is 4.70. The minimum atomic E-state index is -0.394. The van der Waals surface area contributed by atoms with Gasteiger partial charge in [-0.15, -0.1) is 0 Å². The summed E-state index contributed by atoms with van der Waals surface area (Å²) in [5.74, 6) is 0.951. The molecule has 0 radical (unpaired) electrons. The first kappa shape index (κ1) is 19.2. The highest BCUT2D eigenvalue weighted by molar-refractivity contribution is 7.99. The van der Waals surface area contributed by atoms with Crippen molar-refractivity contribution in [3.05, 3.63) is 45.9 Å². The Morgan fingerprint density at radius 2 is 2.24 bits per heavy atom. The lowest BCUT2D eigenvalue weighted by molar-refractivity contribution is -0.385. The van der Waals surface area contributed by atoms with Crippen LogP contribution in [0.25, 0.3) is 0 Å². The molecule has 1 aromatic carbocycles. The van der Waals surface area contributed by atoms with Crippen molar-refractivity contribution in [3.63, 3.8) is 0 Å². The van der Waals surface area contributed by atoms with Gasteiger partial charge in [-0.3, -0.25) is 10.1 Å². The SMILES string of the molecule is CNC(=S)OCc1nc(C(C)C)c(Sc2cccc([N+](=O)[O-])c2)n1C. The van der Waals surface area contributed by atoms with E-state index >= 15 is 0 Å². The first-order chi connectivity index (χ1) is 11.8. The highest BCUT2D eigenvalue weighted by Gasteiger charge is 2.19. The van der Waals surface area contributed by atoms with Crippen molar-refractivity contribution in [2.75, 3.05) is 7.05 Å². The maximum absolute atomic E-state index is 11.0. The lowest BCUT2D eigenvalue weighted by Gasteiger charge is -2.09. The fourth-order valence-corrected chi connectivity index (χ4v) is 3.39. The van der Waals surface area contributed by atoms with E-state index in [-0.39, 0.29) is 18.2 Å². The summed E-state index contributed by atoms with van der Waals surface area (Å²) in [5.41, 5.74) is 0.995. The molecule has 0 saturated carbocycles. The lowest BCUT2D eigenvalue weighted by Crippen LogP contribution is -2.19. The zero-order valence-corrected chi connectivity index (χ0v) is 16.1. The molecule has 7 nitrogen and oxygen atoms in total. The number of thiocarbonyl (C=S) groups is 1. The van der Waals surface area contributed by atoms with Gasteiger partial charge >= 0.3 is 0 Å². The van der Waals surface area contributed by atoms with Crippen LogP contribution >= 0.6 is 24.0 Å². The zero-order valence-electron chi connectivity index (χ0n) is 14.5. The van der Waals surface area contributed by atoms with Crippen LogP contribution in [-0.2, 0) is 18.4 Å². The van der Waals surface area contributed by atoms with E-state index in [4.69, 9.17) is 17.0 Å². The van der Waals surface area contributed by atoms with E-state index in [1.54, 1.807) is 19.2 Å². The molecule has 2 aromatic rings. The number of benzene rings is 1. The first-order valence-electron chi connectivity index (χ1n) is 7.65. The number of imidazole rings is 1. The number of nitro groups is 1. The third-order valence-electron chi connectivity index (χ3n) is 3.49. The molecule has 0 aliphatic heterocycles. The smallest absolute Gasteiger partial charge is 0.270 e. The average Bonchev–Trinajstić information content (AvgIpc) is 2.89. The number of non-ortho nitro benzene ring substituents is 1. The van der Waals surface area contributed by atoms with Gasteiger partial charge in [0.05, 0.1) is 10.6 Å². The summed E-state index contributed by atoms with van der Waals surface area (Å²) in [6.07, 6.45) is 0. The number of hydrogen-bond donors (Lipinski definition) is 1. The number of aromatic nitrogens is 2. The number of rotatable bonds is 6. The van der Waals surface area contributed by atoms with Crippen molar-refractivity contribution in [2.24, 2.45) is 7.05 Å². The summed E-state index contributed by atoms with van der Waals surface area (Å²) in [7, 11) is 3.60. The largest absolute Gasteiger partial charge is 0.463 e. The molecule has 0 saturated heterocycles. The van der Waals surface area contributed by atoms with Crippen LogP contribution in [0.5, 0.6) is 0 Å². The van der Waals surface area contributed by atoms with Gasteiger partial charge in [0.15, 0.2) is 0 Å². The van der Waals surface area contributed by atoms with Crippen LogP contribution in [0.3, 0.4) is 0 Å². The maximum atomic E-state index is 11.0. The van der Waals surface area contributed by atoms with Gasteiger partial charge in [0.1, 0.15) is 17.5 Å². The Labute approximate surface area is 155 Å². The van der Waals surface area contributed by atoms with Gasteiger partial charge in [0.25, 0.3) is 10.9 Å². The Kier molecular flexibility index (Phi) is 6.38. The number of nitrogens with one attached hydrogen (secondary N) is 1. The van der Waals surface area contributed by atoms with E-state index in [1.807, 2.05) is 17.7 Å². The van der Waals surface area contributed by atoms with Crippen molar-refractivity contribution < 1.29 is 9.66 Å². The number of nitrogens with zero attached hydrogens (tertiary/aromatic N) is 3. The third-order valence-corrected chi connectivity index (χ3v) is 4.97. The van der Waals surface area contributed by atoms with Crippen LogP contribution in [0.2, 0.25) is 0 Å². The molecule has 0 fully saturated rings. The summed E-state index contributed by atoms with van der Waals surface area (Å²) in [5, 5.41) is 15.0. The van der Waals surface area contributed by atoms with Crippen molar-refractivity contribution in [3.8, 4) is 0 Å². The molecule has 0 unspecified atom stereocenters. The Morgan fingerprint density at radius 1 is 1.52 bits per heavy atom. The van der Waals surface area contributed by atoms with Gasteiger partial charge in [-0.05, 0) is 24.2 Å². The molecule has 0 aliphatic carbocycles. The van der Waals surface area contributed by atoms with Gasteiger partial charge in [-0.25, -0.2) is 4.98 Å². The normalized spacial score (nSPS) is 10.8. The summed E-state index contributed by atoms with van der Waals surface area (Å²) in [6.45, 7) is 4.37. The van der Waals surface area contributed by atoms with E-state index in [0.717, 1.165) is 21.4 Å². The summed E-state index contributed by atoms with van der Waals surface area (Å²) >= 11 is 6.45. The molecular formula is C16H20N4O3S2. The number of ether oxygens (including phenoxy) is 1. The number of nitro benzene ring substituents is 1. The fourth-order valence-electron chi connectivity index (χ4n) is 2.15. The van der Waals surface area contributed by atoms with Crippen LogP contribution in [0.4, 0.5) is 5.69 Å². The Balaban J connectivity index is 2.32. The molecule has 0 aliphatic rings. The topological polar surface area (TPSA) is 82.2 Å². The second-order valence-corrected chi connectivity index (χ2v) is 7.05. The molecule has 1 heterocycles. The second-order valence-electron chi connectivity index (χ2n) is 5.61. The Bertz CT molecular complexity index is 790. The van der Waals surface area contributed by atoms with E-state index in [0.29, 0.717) is 5.17 Å². The Hall–Kier alpha value is -2.13. The van der Waals surface area contributed by atoms with Gasteiger partial charge in [0.2, 0.25) is 0 Å². The van der Waals surface area contributed by atoms with Crippen molar-refractivity contribution in [1.82, 2.24) is 14.9 Å². The van der Waals surface area contributed by atoms with Crippen molar-refractivity contribution >= 4 is 34.8 Å². The van der Waals surface area contributed by atoms with Crippen LogP contribution in [0.1, 0.15) is 31.3 Å². The minimum Gasteiger partial charge on any atom is -0.463 e. The molecule has 0 spiro atoms. The summed E-state index contributed by atoms with van der Waals surface area (Å²) < 4.78 is 7.39. The van der Waals surface area contributed by atoms with Crippen molar-refractivity contribution in [2.45, 2.75) is 36.3 Å². The standard InChI is InChI=1S/C16H20N4O3S2/c1-10(2)14-15(19(4)13(18-14)9-23-16(24)17-3)25-12-7-5-6-11(8-12)20(21)22/h5-8,10H,9H2,1-4H3,(H,17,24). The lowest BCUT2D eigenvalue weighted by atomic mass is 10.2. The number of hydrogen-bond acceptors (Lipinski definition) is 6. The van der Waals surface area contributed by atoms with Gasteiger partial charge in [0, 0.05) is 31.1 Å². The molecule has 25 heavy (non-hydrogen) atoms. The van der Waals surface area contributed by atoms with Crippen LogP contribution < -0.4 is 5.32 Å². The maximum Gasteiger partial charge on any atom is 0.270 e. The molecule has 0 atom stereocenters. The highest BCUT2D eigenvalue weighted by atomic mass is 32.2. The van der Waals surface area contributed by atoms with E-state index in [9.17, 15) is 10.1 Å². The molecule has 9 heteroatoms. The molecule has 134 valence electrons. The predicted molar refractivity (Wildman–Crippen MR) is 101 cm³/mol. The molecule has 0 bridgehead atoms. The van der Waals surface area contributed by atoms with Crippen LogP contribution in [-0.4, -0.2) is 26.7 Å². The summed E-state index contributed by atoms with van der Waals surface area (Å²) in [6, 6.07) is 6.57. The van der Waals surface area contributed by atoms with E-state index in [1.165, 1.54) is 17.8 Å². The molecule has 1 N–H and O–H groups in total. The van der Waals surface area contributed by atoms with Gasteiger partial charge in [-0.1, -0.05) is 31.7 Å². The average molecular weight is 380 g/mol. The van der Waals surface area contributed by atoms with Crippen LogP contribution in [0.15, 0.2) is 34.2 Å². The van der Waals surface area contributed by atoms with Crippen molar-refractivity contribution in [1.29, 1.82) is 0 Å². The molecule has 2 rings (SSSR count). The zero-order chi connectivity index (χ0) is 18.6. The highest BCUT2D eigenvalue weighted by Crippen LogP contribution is 2.35.